The monoisotopic (exact) mass is 346 g/mol. The molecule has 1 aromatic carbocycles. The van der Waals surface area contributed by atoms with Crippen molar-refractivity contribution in [3.05, 3.63) is 23.2 Å². The Morgan fingerprint density at radius 2 is 2.23 bits per heavy atom. The van der Waals surface area contributed by atoms with Crippen LogP contribution in [0.5, 0.6) is 5.75 Å². The molecule has 0 radical (unpaired) electrons. The van der Waals surface area contributed by atoms with Crippen molar-refractivity contribution in [2.75, 3.05) is 11.9 Å². The molecule has 0 spiro atoms. The molecule has 0 aromatic heterocycles. The quantitative estimate of drug-likeness (QED) is 0.846. The minimum Gasteiger partial charge on any atom is -0.491 e. The minimum absolute atomic E-state index is 0. The SMILES string of the molecule is CCCOc1ccc(Cl)cc1NC(=O)C1CCCC(N)C1.Cl. The molecule has 0 aliphatic heterocycles. The summed E-state index contributed by atoms with van der Waals surface area (Å²) in [5.74, 6) is 0.648. The molecule has 4 nitrogen and oxygen atoms in total. The van der Waals surface area contributed by atoms with E-state index in [0.29, 0.717) is 23.1 Å². The molecule has 1 aliphatic carbocycles. The van der Waals surface area contributed by atoms with Gasteiger partial charge in [0.2, 0.25) is 5.91 Å². The number of hydrogen-bond acceptors (Lipinski definition) is 3. The number of carbonyl (C=O) groups is 1. The first-order valence-electron chi connectivity index (χ1n) is 7.59. The summed E-state index contributed by atoms with van der Waals surface area (Å²) >= 11 is 6.02. The van der Waals surface area contributed by atoms with Crippen LogP contribution in [0.15, 0.2) is 18.2 Å². The molecule has 2 atom stereocenters. The van der Waals surface area contributed by atoms with Crippen molar-refractivity contribution in [3.8, 4) is 5.75 Å². The number of rotatable bonds is 5. The number of halogens is 2. The van der Waals surface area contributed by atoms with Crippen LogP contribution < -0.4 is 15.8 Å². The molecular formula is C16H24Cl2N2O2. The molecule has 1 amide bonds. The summed E-state index contributed by atoms with van der Waals surface area (Å²) in [7, 11) is 0. The van der Waals surface area contributed by atoms with E-state index in [1.54, 1.807) is 18.2 Å². The maximum atomic E-state index is 12.4. The Morgan fingerprint density at radius 1 is 1.45 bits per heavy atom. The highest BCUT2D eigenvalue weighted by molar-refractivity contribution is 6.31. The number of anilines is 1. The van der Waals surface area contributed by atoms with Gasteiger partial charge in [0, 0.05) is 17.0 Å². The molecule has 2 unspecified atom stereocenters. The van der Waals surface area contributed by atoms with Gasteiger partial charge in [-0.25, -0.2) is 0 Å². The molecule has 2 rings (SSSR count). The number of hydrogen-bond donors (Lipinski definition) is 2. The van der Waals surface area contributed by atoms with Crippen LogP contribution in [0.3, 0.4) is 0 Å². The third-order valence-electron chi connectivity index (χ3n) is 3.75. The summed E-state index contributed by atoms with van der Waals surface area (Å²) in [6.45, 7) is 2.65. The molecule has 124 valence electrons. The first kappa shape index (κ1) is 19.1. The number of nitrogens with one attached hydrogen (secondary N) is 1. The molecule has 6 heteroatoms. The van der Waals surface area contributed by atoms with E-state index in [9.17, 15) is 4.79 Å². The maximum Gasteiger partial charge on any atom is 0.227 e. The summed E-state index contributed by atoms with van der Waals surface area (Å²) in [6, 6.07) is 5.41. The van der Waals surface area contributed by atoms with Gasteiger partial charge >= 0.3 is 0 Å². The summed E-state index contributed by atoms with van der Waals surface area (Å²) in [6.07, 6.45) is 4.57. The Balaban J connectivity index is 0.00000242. The standard InChI is InChI=1S/C16H23ClN2O2.ClH/c1-2-8-21-15-7-6-12(17)10-14(15)19-16(20)11-4-3-5-13(18)9-11;/h6-7,10-11,13H,2-5,8-9,18H2,1H3,(H,19,20);1H. The second-order valence-corrected chi connectivity index (χ2v) is 6.04. The average molecular weight is 347 g/mol. The Kier molecular flexibility index (Phi) is 8.01. The van der Waals surface area contributed by atoms with Gasteiger partial charge in [-0.05, 0) is 43.9 Å². The van der Waals surface area contributed by atoms with Gasteiger partial charge in [-0.15, -0.1) is 12.4 Å². The fraction of sp³-hybridized carbons (Fsp3) is 0.562. The van der Waals surface area contributed by atoms with Gasteiger partial charge in [0.1, 0.15) is 5.75 Å². The summed E-state index contributed by atoms with van der Waals surface area (Å²) in [4.78, 5) is 12.4. The Morgan fingerprint density at radius 3 is 2.91 bits per heavy atom. The van der Waals surface area contributed by atoms with Crippen LogP contribution in [-0.2, 0) is 4.79 Å². The van der Waals surface area contributed by atoms with Crippen LogP contribution in [0, 0.1) is 5.92 Å². The highest BCUT2D eigenvalue weighted by Crippen LogP contribution is 2.30. The predicted octanol–water partition coefficient (Wildman–Crippen LogP) is 4.01. The number of ether oxygens (including phenoxy) is 1. The molecule has 1 aromatic rings. The van der Waals surface area contributed by atoms with Crippen molar-refractivity contribution in [1.82, 2.24) is 0 Å². The molecule has 0 heterocycles. The Hall–Kier alpha value is -0.970. The molecule has 1 saturated carbocycles. The molecule has 1 aliphatic rings. The van der Waals surface area contributed by atoms with Crippen LogP contribution >= 0.6 is 24.0 Å². The zero-order valence-electron chi connectivity index (χ0n) is 12.8. The van der Waals surface area contributed by atoms with Gasteiger partial charge < -0.3 is 15.8 Å². The fourth-order valence-electron chi connectivity index (χ4n) is 2.64. The van der Waals surface area contributed by atoms with E-state index < -0.39 is 0 Å². The van der Waals surface area contributed by atoms with Gasteiger partial charge in [0.15, 0.2) is 0 Å². The van der Waals surface area contributed by atoms with Crippen LogP contribution in [0.25, 0.3) is 0 Å². The van der Waals surface area contributed by atoms with E-state index in [1.807, 2.05) is 6.92 Å². The van der Waals surface area contributed by atoms with Gasteiger partial charge in [-0.3, -0.25) is 4.79 Å². The van der Waals surface area contributed by atoms with Crippen molar-refractivity contribution >= 4 is 35.6 Å². The lowest BCUT2D eigenvalue weighted by molar-refractivity contribution is -0.120. The molecule has 3 N–H and O–H groups in total. The molecule has 1 fully saturated rings. The summed E-state index contributed by atoms with van der Waals surface area (Å²) < 4.78 is 5.65. The second-order valence-electron chi connectivity index (χ2n) is 5.60. The van der Waals surface area contributed by atoms with Gasteiger partial charge in [-0.1, -0.05) is 24.9 Å². The normalized spacial score (nSPS) is 20.9. The molecular weight excluding hydrogens is 323 g/mol. The second kappa shape index (κ2) is 9.23. The van der Waals surface area contributed by atoms with Crippen molar-refractivity contribution in [2.24, 2.45) is 11.7 Å². The van der Waals surface area contributed by atoms with Crippen LogP contribution in [0.4, 0.5) is 5.69 Å². The van der Waals surface area contributed by atoms with E-state index in [-0.39, 0.29) is 30.3 Å². The van der Waals surface area contributed by atoms with Crippen molar-refractivity contribution in [2.45, 2.75) is 45.1 Å². The smallest absolute Gasteiger partial charge is 0.227 e. The number of amides is 1. The van der Waals surface area contributed by atoms with Gasteiger partial charge in [0.25, 0.3) is 0 Å². The average Bonchev–Trinajstić information content (AvgIpc) is 2.46. The van der Waals surface area contributed by atoms with E-state index >= 15 is 0 Å². The number of benzene rings is 1. The van der Waals surface area contributed by atoms with E-state index in [2.05, 4.69) is 5.32 Å². The lowest BCUT2D eigenvalue weighted by Crippen LogP contribution is -2.34. The third-order valence-corrected chi connectivity index (χ3v) is 3.98. The van der Waals surface area contributed by atoms with Crippen molar-refractivity contribution in [3.63, 3.8) is 0 Å². The fourth-order valence-corrected chi connectivity index (χ4v) is 2.81. The lowest BCUT2D eigenvalue weighted by atomic mass is 9.85. The number of nitrogens with two attached hydrogens (primary N) is 1. The van der Waals surface area contributed by atoms with E-state index in [0.717, 1.165) is 32.1 Å². The Labute approximate surface area is 143 Å². The number of carbonyl (C=O) groups excluding carboxylic acids is 1. The van der Waals surface area contributed by atoms with E-state index in [1.165, 1.54) is 0 Å². The Bertz CT molecular complexity index is 497. The largest absolute Gasteiger partial charge is 0.491 e. The van der Waals surface area contributed by atoms with Crippen molar-refractivity contribution < 1.29 is 9.53 Å². The van der Waals surface area contributed by atoms with Gasteiger partial charge in [-0.2, -0.15) is 0 Å². The first-order valence-corrected chi connectivity index (χ1v) is 7.96. The van der Waals surface area contributed by atoms with Crippen molar-refractivity contribution in [1.29, 1.82) is 0 Å². The highest BCUT2D eigenvalue weighted by atomic mass is 35.5. The summed E-state index contributed by atoms with van der Waals surface area (Å²) in [5, 5.41) is 3.52. The van der Waals surface area contributed by atoms with Crippen LogP contribution in [0.1, 0.15) is 39.0 Å². The van der Waals surface area contributed by atoms with E-state index in [4.69, 9.17) is 22.1 Å². The van der Waals surface area contributed by atoms with Crippen LogP contribution in [-0.4, -0.2) is 18.6 Å². The highest BCUT2D eigenvalue weighted by Gasteiger charge is 2.26. The predicted molar refractivity (Wildman–Crippen MR) is 93.0 cm³/mol. The molecule has 22 heavy (non-hydrogen) atoms. The van der Waals surface area contributed by atoms with Crippen LogP contribution in [0.2, 0.25) is 5.02 Å². The minimum atomic E-state index is -0.0215. The first-order chi connectivity index (χ1) is 10.1. The topological polar surface area (TPSA) is 64.3 Å². The molecule has 0 bridgehead atoms. The maximum absolute atomic E-state index is 12.4. The summed E-state index contributed by atoms with van der Waals surface area (Å²) in [5.41, 5.74) is 6.59. The molecule has 0 saturated heterocycles. The van der Waals surface area contributed by atoms with Gasteiger partial charge in [0.05, 0.1) is 12.3 Å². The zero-order valence-corrected chi connectivity index (χ0v) is 14.4. The lowest BCUT2D eigenvalue weighted by Gasteiger charge is -2.26. The third kappa shape index (κ3) is 5.34. The zero-order chi connectivity index (χ0) is 15.2.